The second-order valence-corrected chi connectivity index (χ2v) is 5.03. The maximum absolute atomic E-state index is 12.2. The predicted molar refractivity (Wildman–Crippen MR) is 91.9 cm³/mol. The Morgan fingerprint density at radius 2 is 1.58 bits per heavy atom. The molecular weight excluding hydrogens is 302 g/mol. The van der Waals surface area contributed by atoms with E-state index in [4.69, 9.17) is 0 Å². The molecule has 0 spiro atoms. The minimum Gasteiger partial charge on any atom is -0.508 e. The van der Waals surface area contributed by atoms with Gasteiger partial charge in [-0.25, -0.2) is 5.43 Å². The molecule has 2 aromatic carbocycles. The van der Waals surface area contributed by atoms with Gasteiger partial charge in [-0.3, -0.25) is 9.78 Å². The molecule has 2 N–H and O–H groups in total. The van der Waals surface area contributed by atoms with Gasteiger partial charge in [0.05, 0.1) is 5.69 Å². The van der Waals surface area contributed by atoms with Crippen molar-refractivity contribution < 1.29 is 9.90 Å². The van der Waals surface area contributed by atoms with Gasteiger partial charge < -0.3 is 5.11 Å². The summed E-state index contributed by atoms with van der Waals surface area (Å²) in [5, 5.41) is 13.5. The summed E-state index contributed by atoms with van der Waals surface area (Å²) in [5.74, 6) is -0.257. The number of benzene rings is 2. The van der Waals surface area contributed by atoms with E-state index in [0.717, 1.165) is 5.56 Å². The van der Waals surface area contributed by atoms with Gasteiger partial charge in [0.25, 0.3) is 5.91 Å². The normalized spacial score (nSPS) is 11.1. The molecule has 0 bridgehead atoms. The zero-order valence-corrected chi connectivity index (χ0v) is 12.8. The Bertz CT molecular complexity index is 803. The third-order valence-electron chi connectivity index (χ3n) is 3.35. The molecule has 3 aromatic rings. The van der Waals surface area contributed by atoms with E-state index >= 15 is 0 Å². The van der Waals surface area contributed by atoms with Gasteiger partial charge in [-0.15, -0.1) is 0 Å². The Morgan fingerprint density at radius 1 is 0.875 bits per heavy atom. The number of amides is 1. The quantitative estimate of drug-likeness (QED) is 0.574. The summed E-state index contributed by atoms with van der Waals surface area (Å²) in [4.78, 5) is 16.5. The van der Waals surface area contributed by atoms with Crippen LogP contribution in [0.1, 0.15) is 21.6 Å². The fraction of sp³-hybridized carbons (Fsp3) is 0. The second kappa shape index (κ2) is 7.19. The SMILES string of the molecule is O=C(N/N=C(\c1ccccc1)c1ccccn1)c1ccc(O)cc1. The molecule has 0 aliphatic carbocycles. The van der Waals surface area contributed by atoms with Crippen LogP contribution in [0, 0.1) is 0 Å². The maximum atomic E-state index is 12.2. The lowest BCUT2D eigenvalue weighted by molar-refractivity contribution is 0.0955. The van der Waals surface area contributed by atoms with Crippen molar-refractivity contribution in [2.24, 2.45) is 5.10 Å². The zero-order valence-electron chi connectivity index (χ0n) is 12.8. The van der Waals surface area contributed by atoms with Crippen LogP contribution in [0.25, 0.3) is 0 Å². The molecular formula is C19H15N3O2. The Hall–Kier alpha value is -3.47. The number of rotatable bonds is 4. The topological polar surface area (TPSA) is 74.6 Å². The van der Waals surface area contributed by atoms with Crippen molar-refractivity contribution in [3.63, 3.8) is 0 Å². The number of phenols is 1. The molecule has 0 unspecified atom stereocenters. The Balaban J connectivity index is 1.90. The molecule has 24 heavy (non-hydrogen) atoms. The molecule has 1 amide bonds. The zero-order chi connectivity index (χ0) is 16.8. The Labute approximate surface area is 139 Å². The molecule has 1 aromatic heterocycles. The van der Waals surface area contributed by atoms with Crippen molar-refractivity contribution in [2.75, 3.05) is 0 Å². The number of nitrogens with one attached hydrogen (secondary N) is 1. The maximum Gasteiger partial charge on any atom is 0.271 e. The van der Waals surface area contributed by atoms with Gasteiger partial charge in [0, 0.05) is 17.3 Å². The van der Waals surface area contributed by atoms with E-state index < -0.39 is 0 Å². The van der Waals surface area contributed by atoms with Crippen LogP contribution in [0.15, 0.2) is 84.1 Å². The first-order valence-corrected chi connectivity index (χ1v) is 7.38. The minimum atomic E-state index is -0.362. The van der Waals surface area contributed by atoms with Crippen LogP contribution in [0.4, 0.5) is 0 Å². The molecule has 5 heteroatoms. The average molecular weight is 317 g/mol. The molecule has 0 atom stereocenters. The highest BCUT2D eigenvalue weighted by Crippen LogP contribution is 2.11. The van der Waals surface area contributed by atoms with Gasteiger partial charge in [-0.1, -0.05) is 36.4 Å². The van der Waals surface area contributed by atoms with Crippen LogP contribution >= 0.6 is 0 Å². The van der Waals surface area contributed by atoms with E-state index in [-0.39, 0.29) is 11.7 Å². The molecule has 118 valence electrons. The van der Waals surface area contributed by atoms with Gasteiger partial charge in [-0.2, -0.15) is 5.10 Å². The van der Waals surface area contributed by atoms with Crippen LogP contribution in [0.3, 0.4) is 0 Å². The summed E-state index contributed by atoms with van der Waals surface area (Å²) >= 11 is 0. The van der Waals surface area contributed by atoms with Crippen molar-refractivity contribution >= 4 is 11.6 Å². The van der Waals surface area contributed by atoms with Gasteiger partial charge in [0.1, 0.15) is 11.5 Å². The van der Waals surface area contributed by atoms with Crippen LogP contribution in [0.5, 0.6) is 5.75 Å². The van der Waals surface area contributed by atoms with Crippen molar-refractivity contribution in [2.45, 2.75) is 0 Å². The number of pyridine rings is 1. The first-order chi connectivity index (χ1) is 11.7. The minimum absolute atomic E-state index is 0.105. The lowest BCUT2D eigenvalue weighted by Crippen LogP contribution is -2.21. The summed E-state index contributed by atoms with van der Waals surface area (Å²) in [6, 6.07) is 21.0. The largest absolute Gasteiger partial charge is 0.508 e. The summed E-state index contributed by atoms with van der Waals surface area (Å²) in [6.07, 6.45) is 1.68. The van der Waals surface area contributed by atoms with Gasteiger partial charge in [-0.05, 0) is 36.4 Å². The lowest BCUT2D eigenvalue weighted by Gasteiger charge is -2.07. The van der Waals surface area contributed by atoms with E-state index in [1.807, 2.05) is 48.5 Å². The molecule has 0 saturated heterocycles. The summed E-state index contributed by atoms with van der Waals surface area (Å²) < 4.78 is 0. The van der Waals surface area contributed by atoms with Crippen molar-refractivity contribution in [3.8, 4) is 5.75 Å². The highest BCUT2D eigenvalue weighted by molar-refractivity contribution is 6.12. The molecule has 0 fully saturated rings. The van der Waals surface area contributed by atoms with E-state index in [1.165, 1.54) is 24.3 Å². The second-order valence-electron chi connectivity index (χ2n) is 5.03. The van der Waals surface area contributed by atoms with E-state index in [0.29, 0.717) is 17.0 Å². The number of carbonyl (C=O) groups excluding carboxylic acids is 1. The molecule has 0 radical (unpaired) electrons. The number of carbonyl (C=O) groups is 1. The summed E-state index contributed by atoms with van der Waals surface area (Å²) in [7, 11) is 0. The van der Waals surface area contributed by atoms with E-state index in [2.05, 4.69) is 15.5 Å². The third kappa shape index (κ3) is 3.64. The number of phenolic OH excluding ortho intramolecular Hbond substituents is 1. The highest BCUT2D eigenvalue weighted by atomic mass is 16.3. The van der Waals surface area contributed by atoms with Gasteiger partial charge in [0.15, 0.2) is 0 Å². The number of aromatic hydroxyl groups is 1. The molecule has 0 aliphatic rings. The lowest BCUT2D eigenvalue weighted by atomic mass is 10.1. The first-order valence-electron chi connectivity index (χ1n) is 7.38. The fourth-order valence-electron chi connectivity index (χ4n) is 2.15. The predicted octanol–water partition coefficient (Wildman–Crippen LogP) is 2.97. The molecule has 0 saturated carbocycles. The van der Waals surface area contributed by atoms with Crippen LogP contribution in [0.2, 0.25) is 0 Å². The van der Waals surface area contributed by atoms with Crippen LogP contribution in [-0.4, -0.2) is 21.7 Å². The van der Waals surface area contributed by atoms with Crippen molar-refractivity contribution in [3.05, 3.63) is 95.8 Å². The van der Waals surface area contributed by atoms with Crippen LogP contribution < -0.4 is 5.43 Å². The van der Waals surface area contributed by atoms with Crippen molar-refractivity contribution in [1.29, 1.82) is 0 Å². The average Bonchev–Trinajstić information content (AvgIpc) is 2.64. The first kappa shape index (κ1) is 15.4. The monoisotopic (exact) mass is 317 g/mol. The Morgan fingerprint density at radius 3 is 2.25 bits per heavy atom. The van der Waals surface area contributed by atoms with Crippen LogP contribution in [-0.2, 0) is 0 Å². The standard InChI is InChI=1S/C19H15N3O2/c23-16-11-9-15(10-12-16)19(24)22-21-18(14-6-2-1-3-7-14)17-8-4-5-13-20-17/h1-13,23H,(H,22,24)/b21-18+. The number of hydrogen-bond donors (Lipinski definition) is 2. The Kier molecular flexibility index (Phi) is 4.62. The number of nitrogens with zero attached hydrogens (tertiary/aromatic N) is 2. The van der Waals surface area contributed by atoms with Gasteiger partial charge in [0.2, 0.25) is 0 Å². The molecule has 3 rings (SSSR count). The molecule has 5 nitrogen and oxygen atoms in total. The van der Waals surface area contributed by atoms with Gasteiger partial charge >= 0.3 is 0 Å². The number of hydrazone groups is 1. The highest BCUT2D eigenvalue weighted by Gasteiger charge is 2.10. The summed E-state index contributed by atoms with van der Waals surface area (Å²) in [6.45, 7) is 0. The smallest absolute Gasteiger partial charge is 0.271 e. The fourth-order valence-corrected chi connectivity index (χ4v) is 2.15. The number of hydrogen-bond acceptors (Lipinski definition) is 4. The van der Waals surface area contributed by atoms with E-state index in [1.54, 1.807) is 6.20 Å². The summed E-state index contributed by atoms with van der Waals surface area (Å²) in [5.41, 5.74) is 5.03. The third-order valence-corrected chi connectivity index (χ3v) is 3.35. The van der Waals surface area contributed by atoms with Crippen molar-refractivity contribution in [1.82, 2.24) is 10.4 Å². The van der Waals surface area contributed by atoms with E-state index in [9.17, 15) is 9.90 Å². The number of aromatic nitrogens is 1. The molecule has 1 heterocycles. The molecule has 0 aliphatic heterocycles.